The van der Waals surface area contributed by atoms with Gasteiger partial charge in [0.1, 0.15) is 0 Å². The first-order valence-corrected chi connectivity index (χ1v) is 7.56. The first-order valence-electron chi connectivity index (χ1n) is 7.19. The molecule has 0 unspecified atom stereocenters. The second-order valence-electron chi connectivity index (χ2n) is 5.29. The quantitative estimate of drug-likeness (QED) is 0.839. The summed E-state index contributed by atoms with van der Waals surface area (Å²) in [4.78, 5) is 14.7. The van der Waals surface area contributed by atoms with Crippen LogP contribution in [0.4, 0.5) is 5.69 Å². The van der Waals surface area contributed by atoms with E-state index in [1.54, 1.807) is 18.2 Å². The molecule has 0 radical (unpaired) electrons. The Bertz CT molecular complexity index is 470. The molecular formula is C15H22ClN3O. The van der Waals surface area contributed by atoms with Crippen molar-refractivity contribution in [1.82, 2.24) is 10.2 Å². The molecule has 110 valence electrons. The minimum Gasteiger partial charge on any atom is -0.397 e. The fourth-order valence-corrected chi connectivity index (χ4v) is 2.79. The molecule has 0 atom stereocenters. The number of carbonyl (C=O) groups is 1. The maximum atomic E-state index is 12.2. The van der Waals surface area contributed by atoms with Gasteiger partial charge in [-0.3, -0.25) is 4.79 Å². The van der Waals surface area contributed by atoms with Crippen molar-refractivity contribution >= 4 is 23.2 Å². The molecule has 1 aromatic carbocycles. The first kappa shape index (κ1) is 15.1. The van der Waals surface area contributed by atoms with Gasteiger partial charge in [0.25, 0.3) is 5.91 Å². The van der Waals surface area contributed by atoms with Crippen molar-refractivity contribution in [3.63, 3.8) is 0 Å². The summed E-state index contributed by atoms with van der Waals surface area (Å²) < 4.78 is 0. The van der Waals surface area contributed by atoms with Crippen LogP contribution in [0.5, 0.6) is 0 Å². The number of nitrogens with zero attached hydrogens (tertiary/aromatic N) is 1. The van der Waals surface area contributed by atoms with Crippen molar-refractivity contribution in [2.24, 2.45) is 0 Å². The SMILES string of the molecule is CCCN1CCC(NC(=O)c2cccc(Cl)c2N)CC1. The van der Waals surface area contributed by atoms with Crippen LogP contribution < -0.4 is 11.1 Å². The van der Waals surface area contributed by atoms with Crippen LogP contribution in [0.1, 0.15) is 36.5 Å². The number of anilines is 1. The van der Waals surface area contributed by atoms with Gasteiger partial charge in [0.05, 0.1) is 16.3 Å². The van der Waals surface area contributed by atoms with E-state index >= 15 is 0 Å². The molecular weight excluding hydrogens is 274 g/mol. The van der Waals surface area contributed by atoms with Gasteiger partial charge in [-0.15, -0.1) is 0 Å². The minimum atomic E-state index is -0.126. The van der Waals surface area contributed by atoms with Gasteiger partial charge < -0.3 is 16.0 Å². The Morgan fingerprint density at radius 2 is 2.15 bits per heavy atom. The average Bonchev–Trinajstić information content (AvgIpc) is 2.44. The molecule has 1 aromatic rings. The number of halogens is 1. The molecule has 0 spiro atoms. The molecule has 0 aliphatic carbocycles. The number of benzene rings is 1. The zero-order valence-electron chi connectivity index (χ0n) is 11.9. The lowest BCUT2D eigenvalue weighted by atomic mass is 10.0. The molecule has 1 aliphatic rings. The highest BCUT2D eigenvalue weighted by atomic mass is 35.5. The van der Waals surface area contributed by atoms with E-state index < -0.39 is 0 Å². The van der Waals surface area contributed by atoms with Crippen LogP contribution in [-0.2, 0) is 0 Å². The van der Waals surface area contributed by atoms with E-state index in [1.807, 2.05) is 0 Å². The Balaban J connectivity index is 1.91. The summed E-state index contributed by atoms with van der Waals surface area (Å²) in [6.07, 6.45) is 3.16. The van der Waals surface area contributed by atoms with Crippen molar-refractivity contribution < 1.29 is 4.79 Å². The summed E-state index contributed by atoms with van der Waals surface area (Å²) in [5, 5.41) is 3.49. The summed E-state index contributed by atoms with van der Waals surface area (Å²) in [6.45, 7) is 5.42. The summed E-state index contributed by atoms with van der Waals surface area (Å²) in [5.41, 5.74) is 6.67. The second kappa shape index (κ2) is 6.95. The Labute approximate surface area is 125 Å². The second-order valence-corrected chi connectivity index (χ2v) is 5.70. The molecule has 5 heteroatoms. The third-order valence-electron chi connectivity index (χ3n) is 3.76. The van der Waals surface area contributed by atoms with Crippen molar-refractivity contribution in [2.75, 3.05) is 25.4 Å². The van der Waals surface area contributed by atoms with Crippen LogP contribution in [0, 0.1) is 0 Å². The molecule has 4 nitrogen and oxygen atoms in total. The molecule has 3 N–H and O–H groups in total. The van der Waals surface area contributed by atoms with E-state index in [1.165, 1.54) is 6.42 Å². The summed E-state index contributed by atoms with van der Waals surface area (Å²) in [6, 6.07) is 5.38. The number of nitrogens with one attached hydrogen (secondary N) is 1. The van der Waals surface area contributed by atoms with Crippen LogP contribution in [0.3, 0.4) is 0 Å². The van der Waals surface area contributed by atoms with Crippen molar-refractivity contribution in [2.45, 2.75) is 32.2 Å². The standard InChI is InChI=1S/C15H22ClN3O/c1-2-8-19-9-6-11(7-10-19)18-15(20)12-4-3-5-13(16)14(12)17/h3-5,11H,2,6-10,17H2,1H3,(H,18,20). The van der Waals surface area contributed by atoms with Gasteiger partial charge in [0.2, 0.25) is 0 Å². The largest absolute Gasteiger partial charge is 0.397 e. The van der Waals surface area contributed by atoms with Crippen LogP contribution in [0.25, 0.3) is 0 Å². The molecule has 1 aliphatic heterocycles. The number of nitrogen functional groups attached to an aromatic ring is 1. The molecule has 0 aromatic heterocycles. The van der Waals surface area contributed by atoms with E-state index in [-0.39, 0.29) is 11.9 Å². The molecule has 1 fully saturated rings. The molecule has 20 heavy (non-hydrogen) atoms. The van der Waals surface area contributed by atoms with Crippen molar-refractivity contribution in [3.8, 4) is 0 Å². The smallest absolute Gasteiger partial charge is 0.253 e. The predicted octanol–water partition coefficient (Wildman–Crippen LogP) is 2.53. The average molecular weight is 296 g/mol. The molecule has 1 amide bonds. The Morgan fingerprint density at radius 1 is 1.45 bits per heavy atom. The molecule has 0 bridgehead atoms. The number of para-hydroxylation sites is 1. The number of rotatable bonds is 4. The number of hydrogen-bond acceptors (Lipinski definition) is 3. The van der Waals surface area contributed by atoms with Crippen molar-refractivity contribution in [3.05, 3.63) is 28.8 Å². The summed E-state index contributed by atoms with van der Waals surface area (Å²) >= 11 is 5.94. The Morgan fingerprint density at radius 3 is 2.80 bits per heavy atom. The number of hydrogen-bond donors (Lipinski definition) is 2. The summed E-state index contributed by atoms with van der Waals surface area (Å²) in [5.74, 6) is -0.126. The third-order valence-corrected chi connectivity index (χ3v) is 4.09. The molecule has 0 saturated carbocycles. The van der Waals surface area contributed by atoms with Crippen LogP contribution >= 0.6 is 11.6 Å². The Hall–Kier alpha value is -1.26. The maximum absolute atomic E-state index is 12.2. The highest BCUT2D eigenvalue weighted by Crippen LogP contribution is 2.22. The monoisotopic (exact) mass is 295 g/mol. The highest BCUT2D eigenvalue weighted by Gasteiger charge is 2.21. The van der Waals surface area contributed by atoms with Gasteiger partial charge in [0.15, 0.2) is 0 Å². The molecule has 1 heterocycles. The topological polar surface area (TPSA) is 58.4 Å². The lowest BCUT2D eigenvalue weighted by Gasteiger charge is -2.32. The zero-order valence-corrected chi connectivity index (χ0v) is 12.6. The highest BCUT2D eigenvalue weighted by molar-refractivity contribution is 6.33. The number of likely N-dealkylation sites (tertiary alicyclic amines) is 1. The Kier molecular flexibility index (Phi) is 5.26. The van der Waals surface area contributed by atoms with Gasteiger partial charge >= 0.3 is 0 Å². The van der Waals surface area contributed by atoms with Gasteiger partial charge in [-0.05, 0) is 37.9 Å². The van der Waals surface area contributed by atoms with Gasteiger partial charge in [-0.25, -0.2) is 0 Å². The fraction of sp³-hybridized carbons (Fsp3) is 0.533. The number of nitrogens with two attached hydrogens (primary N) is 1. The van der Waals surface area contributed by atoms with Crippen molar-refractivity contribution in [1.29, 1.82) is 0 Å². The third kappa shape index (κ3) is 3.64. The lowest BCUT2D eigenvalue weighted by Crippen LogP contribution is -2.44. The summed E-state index contributed by atoms with van der Waals surface area (Å²) in [7, 11) is 0. The van der Waals surface area contributed by atoms with Crippen LogP contribution in [-0.4, -0.2) is 36.5 Å². The lowest BCUT2D eigenvalue weighted by molar-refractivity contribution is 0.0912. The zero-order chi connectivity index (χ0) is 14.5. The maximum Gasteiger partial charge on any atom is 0.253 e. The number of carbonyl (C=O) groups excluding carboxylic acids is 1. The number of amides is 1. The number of piperidine rings is 1. The van der Waals surface area contributed by atoms with Gasteiger partial charge in [-0.2, -0.15) is 0 Å². The first-order chi connectivity index (χ1) is 9.61. The minimum absolute atomic E-state index is 0.126. The molecule has 1 saturated heterocycles. The van der Waals surface area contributed by atoms with Gasteiger partial charge in [-0.1, -0.05) is 24.6 Å². The fourth-order valence-electron chi connectivity index (χ4n) is 2.62. The molecule has 2 rings (SSSR count). The van der Waals surface area contributed by atoms with Crippen LogP contribution in [0.15, 0.2) is 18.2 Å². The van der Waals surface area contributed by atoms with Crippen LogP contribution in [0.2, 0.25) is 5.02 Å². The van der Waals surface area contributed by atoms with E-state index in [2.05, 4.69) is 17.1 Å². The van der Waals surface area contributed by atoms with E-state index in [0.717, 1.165) is 32.5 Å². The predicted molar refractivity (Wildman–Crippen MR) is 83.1 cm³/mol. The van der Waals surface area contributed by atoms with E-state index in [4.69, 9.17) is 17.3 Å². The van der Waals surface area contributed by atoms with E-state index in [0.29, 0.717) is 16.3 Å². The normalized spacial score (nSPS) is 17.1. The van der Waals surface area contributed by atoms with E-state index in [9.17, 15) is 4.79 Å². The van der Waals surface area contributed by atoms with Gasteiger partial charge in [0, 0.05) is 19.1 Å².